The molecular formula is C14H13F3N4O2. The Hall–Kier alpha value is -2.68. The monoisotopic (exact) mass is 326 g/mol. The molecule has 0 saturated carbocycles. The lowest BCUT2D eigenvalue weighted by Gasteiger charge is -2.08. The maximum Gasteiger partial charge on any atom is 0.254 e. The van der Waals surface area contributed by atoms with Gasteiger partial charge in [-0.05, 0) is 12.1 Å². The summed E-state index contributed by atoms with van der Waals surface area (Å²) in [5, 5.41) is 4.98. The van der Waals surface area contributed by atoms with E-state index in [0.29, 0.717) is 13.2 Å². The van der Waals surface area contributed by atoms with Gasteiger partial charge in [0, 0.05) is 26.0 Å². The number of carbonyl (C=O) groups excluding carboxylic acids is 1. The van der Waals surface area contributed by atoms with E-state index < -0.39 is 23.4 Å². The van der Waals surface area contributed by atoms with Gasteiger partial charge >= 0.3 is 0 Å². The first-order chi connectivity index (χ1) is 11.0. The molecule has 2 aromatic rings. The summed E-state index contributed by atoms with van der Waals surface area (Å²) >= 11 is 0. The van der Waals surface area contributed by atoms with Gasteiger partial charge in [-0.2, -0.15) is 0 Å². The van der Waals surface area contributed by atoms with Crippen molar-refractivity contribution in [2.45, 2.75) is 0 Å². The van der Waals surface area contributed by atoms with Crippen LogP contribution in [0, 0.1) is 17.5 Å². The normalized spacial score (nSPS) is 10.4. The van der Waals surface area contributed by atoms with Crippen molar-refractivity contribution in [3.63, 3.8) is 0 Å². The fraction of sp³-hybridized carbons (Fsp3) is 0.214. The largest absolute Gasteiger partial charge is 0.383 e. The lowest BCUT2D eigenvalue weighted by atomic mass is 10.3. The summed E-state index contributed by atoms with van der Waals surface area (Å²) in [5.74, 6) is -4.73. The molecule has 0 aliphatic rings. The molecule has 1 aromatic carbocycles. The Morgan fingerprint density at radius 3 is 2.52 bits per heavy atom. The van der Waals surface area contributed by atoms with Crippen molar-refractivity contribution in [1.29, 1.82) is 0 Å². The highest BCUT2D eigenvalue weighted by molar-refractivity contribution is 5.93. The van der Waals surface area contributed by atoms with Crippen LogP contribution in [-0.2, 0) is 4.74 Å². The van der Waals surface area contributed by atoms with Gasteiger partial charge in [0.2, 0.25) is 5.95 Å². The van der Waals surface area contributed by atoms with Crippen molar-refractivity contribution < 1.29 is 22.7 Å². The molecule has 1 aromatic heterocycles. The number of amides is 1. The Balaban J connectivity index is 2.06. The third-order valence-electron chi connectivity index (χ3n) is 2.79. The smallest absolute Gasteiger partial charge is 0.254 e. The van der Waals surface area contributed by atoms with Gasteiger partial charge in [-0.3, -0.25) is 4.79 Å². The second-order valence-electron chi connectivity index (χ2n) is 4.39. The van der Waals surface area contributed by atoms with Crippen LogP contribution in [0.2, 0.25) is 0 Å². The van der Waals surface area contributed by atoms with Gasteiger partial charge in [-0.1, -0.05) is 0 Å². The van der Waals surface area contributed by atoms with Gasteiger partial charge in [-0.15, -0.1) is 0 Å². The summed E-state index contributed by atoms with van der Waals surface area (Å²) in [5.41, 5.74) is -0.126. The molecule has 23 heavy (non-hydrogen) atoms. The number of benzene rings is 1. The molecule has 0 aliphatic carbocycles. The Labute approximate surface area is 129 Å². The maximum atomic E-state index is 13.5. The predicted octanol–water partition coefficient (Wildman–Crippen LogP) is 2.01. The van der Waals surface area contributed by atoms with E-state index in [1.807, 2.05) is 0 Å². The molecule has 0 saturated heterocycles. The van der Waals surface area contributed by atoms with Crippen LogP contribution in [0.15, 0.2) is 24.5 Å². The van der Waals surface area contributed by atoms with Crippen LogP contribution < -0.4 is 10.6 Å². The lowest BCUT2D eigenvalue weighted by Crippen LogP contribution is -2.27. The molecule has 9 heteroatoms. The predicted molar refractivity (Wildman–Crippen MR) is 75.8 cm³/mol. The van der Waals surface area contributed by atoms with Crippen LogP contribution >= 0.6 is 0 Å². The minimum Gasteiger partial charge on any atom is -0.383 e. The Bertz CT molecular complexity index is 695. The number of rotatable bonds is 6. The standard InChI is InChI=1S/C14H13F3N4O2/c1-23-5-4-18-13(22)8-6-19-14(20-7-8)21-10-3-2-9(15)11(16)12(10)17/h2-3,6-7H,4-5H2,1H3,(H,18,22)(H,19,20,21). The van der Waals surface area contributed by atoms with Crippen molar-refractivity contribution in [2.75, 3.05) is 25.6 Å². The fourth-order valence-corrected chi connectivity index (χ4v) is 1.62. The molecule has 0 spiro atoms. The average molecular weight is 326 g/mol. The summed E-state index contributed by atoms with van der Waals surface area (Å²) in [6.45, 7) is 0.692. The van der Waals surface area contributed by atoms with E-state index in [1.54, 1.807) is 0 Å². The Kier molecular flexibility index (Phi) is 5.47. The van der Waals surface area contributed by atoms with Gasteiger partial charge < -0.3 is 15.4 Å². The molecule has 122 valence electrons. The van der Waals surface area contributed by atoms with Crippen LogP contribution in [0.3, 0.4) is 0 Å². The Morgan fingerprint density at radius 2 is 1.87 bits per heavy atom. The van der Waals surface area contributed by atoms with Crippen molar-refractivity contribution in [1.82, 2.24) is 15.3 Å². The van der Waals surface area contributed by atoms with E-state index in [2.05, 4.69) is 20.6 Å². The fourth-order valence-electron chi connectivity index (χ4n) is 1.62. The number of hydrogen-bond acceptors (Lipinski definition) is 5. The van der Waals surface area contributed by atoms with E-state index in [4.69, 9.17) is 4.74 Å². The van der Waals surface area contributed by atoms with E-state index >= 15 is 0 Å². The number of nitrogens with one attached hydrogen (secondary N) is 2. The first kappa shape index (κ1) is 16.7. The topological polar surface area (TPSA) is 76.1 Å². The number of methoxy groups -OCH3 is 1. The molecule has 0 bridgehead atoms. The van der Waals surface area contributed by atoms with Crippen molar-refractivity contribution >= 4 is 17.5 Å². The van der Waals surface area contributed by atoms with Gasteiger partial charge in [0.15, 0.2) is 17.5 Å². The number of anilines is 2. The van der Waals surface area contributed by atoms with Crippen molar-refractivity contribution in [2.24, 2.45) is 0 Å². The molecule has 0 atom stereocenters. The third-order valence-corrected chi connectivity index (χ3v) is 2.79. The average Bonchev–Trinajstić information content (AvgIpc) is 2.56. The number of hydrogen-bond donors (Lipinski definition) is 2. The lowest BCUT2D eigenvalue weighted by molar-refractivity contribution is 0.0936. The molecule has 2 N–H and O–H groups in total. The van der Waals surface area contributed by atoms with Crippen molar-refractivity contribution in [3.8, 4) is 0 Å². The SMILES string of the molecule is COCCNC(=O)c1cnc(Nc2ccc(F)c(F)c2F)nc1. The molecule has 1 amide bonds. The van der Waals surface area contributed by atoms with E-state index in [1.165, 1.54) is 19.5 Å². The highest BCUT2D eigenvalue weighted by Crippen LogP contribution is 2.21. The molecule has 6 nitrogen and oxygen atoms in total. The number of aromatic nitrogens is 2. The first-order valence-corrected chi connectivity index (χ1v) is 6.52. The number of ether oxygens (including phenoxy) is 1. The summed E-state index contributed by atoms with van der Waals surface area (Å²) < 4.78 is 44.3. The molecule has 2 rings (SSSR count). The highest BCUT2D eigenvalue weighted by Gasteiger charge is 2.14. The van der Waals surface area contributed by atoms with Crippen LogP contribution in [0.5, 0.6) is 0 Å². The molecular weight excluding hydrogens is 313 g/mol. The Morgan fingerprint density at radius 1 is 1.17 bits per heavy atom. The summed E-state index contributed by atoms with van der Waals surface area (Å²) in [6, 6.07) is 1.79. The van der Waals surface area contributed by atoms with Crippen LogP contribution in [0.4, 0.5) is 24.8 Å². The maximum absolute atomic E-state index is 13.5. The molecule has 0 fully saturated rings. The minimum absolute atomic E-state index is 0.0663. The zero-order valence-electron chi connectivity index (χ0n) is 12.1. The van der Waals surface area contributed by atoms with E-state index in [0.717, 1.165) is 12.1 Å². The van der Waals surface area contributed by atoms with Gasteiger partial charge in [0.1, 0.15) is 0 Å². The van der Waals surface area contributed by atoms with Crippen LogP contribution in [-0.4, -0.2) is 36.1 Å². The van der Waals surface area contributed by atoms with E-state index in [-0.39, 0.29) is 17.2 Å². The molecule has 0 unspecified atom stereocenters. The van der Waals surface area contributed by atoms with Crippen molar-refractivity contribution in [3.05, 3.63) is 47.5 Å². The van der Waals surface area contributed by atoms with Crippen LogP contribution in [0.25, 0.3) is 0 Å². The van der Waals surface area contributed by atoms with Crippen LogP contribution in [0.1, 0.15) is 10.4 Å². The molecule has 1 heterocycles. The third kappa shape index (κ3) is 4.16. The number of halogens is 3. The van der Waals surface area contributed by atoms with Gasteiger partial charge in [0.05, 0.1) is 17.9 Å². The minimum atomic E-state index is -1.59. The highest BCUT2D eigenvalue weighted by atomic mass is 19.2. The summed E-state index contributed by atoms with van der Waals surface area (Å²) in [6.07, 6.45) is 2.44. The second kappa shape index (κ2) is 7.54. The van der Waals surface area contributed by atoms with E-state index in [9.17, 15) is 18.0 Å². The second-order valence-corrected chi connectivity index (χ2v) is 4.39. The first-order valence-electron chi connectivity index (χ1n) is 6.52. The zero-order chi connectivity index (χ0) is 16.8. The number of carbonyl (C=O) groups is 1. The zero-order valence-corrected chi connectivity index (χ0v) is 12.1. The molecule has 0 aliphatic heterocycles. The number of nitrogens with zero attached hydrogens (tertiary/aromatic N) is 2. The van der Waals surface area contributed by atoms with Gasteiger partial charge in [0.25, 0.3) is 5.91 Å². The summed E-state index contributed by atoms with van der Waals surface area (Å²) in [7, 11) is 1.51. The summed E-state index contributed by atoms with van der Waals surface area (Å²) in [4.78, 5) is 19.3. The quantitative estimate of drug-likeness (QED) is 0.627. The molecule has 0 radical (unpaired) electrons. The van der Waals surface area contributed by atoms with Gasteiger partial charge in [-0.25, -0.2) is 23.1 Å².